The number of benzene rings is 2. The highest BCUT2D eigenvalue weighted by Crippen LogP contribution is 2.50. The molecule has 2 aromatic carbocycles. The number of halogens is 3. The number of carbonyl (C=O) groups excluding carboxylic acids is 1. The molecule has 3 rings (SSSR count). The number of amides is 1. The minimum Gasteiger partial charge on any atom is -0.341 e. The lowest BCUT2D eigenvalue weighted by Crippen LogP contribution is -2.36. The van der Waals surface area contributed by atoms with Gasteiger partial charge in [-0.1, -0.05) is 29.8 Å². The first-order valence-electron chi connectivity index (χ1n) is 7.38. The van der Waals surface area contributed by atoms with E-state index in [0.717, 1.165) is 24.5 Å². The van der Waals surface area contributed by atoms with Crippen molar-refractivity contribution < 1.29 is 13.6 Å². The average molecular weight is 336 g/mol. The Balaban J connectivity index is 1.80. The summed E-state index contributed by atoms with van der Waals surface area (Å²) in [5, 5.41) is 0.591. The molecule has 1 fully saturated rings. The maximum Gasteiger partial charge on any atom is 0.233 e. The maximum atomic E-state index is 13.8. The normalized spacial score (nSPS) is 15.3. The summed E-state index contributed by atoms with van der Waals surface area (Å²) in [7, 11) is 1.63. The van der Waals surface area contributed by atoms with Gasteiger partial charge >= 0.3 is 0 Å². The van der Waals surface area contributed by atoms with E-state index < -0.39 is 17.0 Å². The van der Waals surface area contributed by atoms with Crippen LogP contribution in [-0.4, -0.2) is 17.9 Å². The Hall–Kier alpha value is -1.94. The van der Waals surface area contributed by atoms with Gasteiger partial charge in [-0.15, -0.1) is 0 Å². The highest BCUT2D eigenvalue weighted by Gasteiger charge is 2.52. The van der Waals surface area contributed by atoms with E-state index >= 15 is 0 Å². The summed E-state index contributed by atoms with van der Waals surface area (Å²) >= 11 is 6.02. The van der Waals surface area contributed by atoms with Gasteiger partial charge in [-0.3, -0.25) is 4.79 Å². The smallest absolute Gasteiger partial charge is 0.233 e. The molecule has 0 bridgehead atoms. The molecule has 2 aromatic rings. The van der Waals surface area contributed by atoms with Gasteiger partial charge in [0.1, 0.15) is 11.6 Å². The third kappa shape index (κ3) is 3.08. The van der Waals surface area contributed by atoms with Gasteiger partial charge in [0.15, 0.2) is 0 Å². The third-order valence-electron chi connectivity index (χ3n) is 4.31. The van der Waals surface area contributed by atoms with Gasteiger partial charge in [-0.05, 0) is 36.6 Å². The second-order valence-corrected chi connectivity index (χ2v) is 6.43. The molecule has 0 aromatic heterocycles. The van der Waals surface area contributed by atoms with Crippen LogP contribution in [0.1, 0.15) is 24.0 Å². The second-order valence-electron chi connectivity index (χ2n) is 5.99. The van der Waals surface area contributed by atoms with E-state index in [1.807, 2.05) is 12.1 Å². The summed E-state index contributed by atoms with van der Waals surface area (Å²) in [6.45, 7) is 0.104. The van der Waals surface area contributed by atoms with Crippen molar-refractivity contribution in [1.29, 1.82) is 0 Å². The molecule has 2 nitrogen and oxygen atoms in total. The fourth-order valence-corrected chi connectivity index (χ4v) is 3.07. The van der Waals surface area contributed by atoms with Crippen molar-refractivity contribution in [2.45, 2.75) is 24.8 Å². The topological polar surface area (TPSA) is 20.3 Å². The molecule has 0 spiro atoms. The van der Waals surface area contributed by atoms with E-state index in [0.29, 0.717) is 10.6 Å². The van der Waals surface area contributed by atoms with Crippen LogP contribution in [0, 0.1) is 11.6 Å². The maximum absolute atomic E-state index is 13.8. The van der Waals surface area contributed by atoms with E-state index in [4.69, 9.17) is 11.6 Å². The fraction of sp³-hybridized carbons (Fsp3) is 0.278. The predicted octanol–water partition coefficient (Wildman–Crippen LogP) is 4.31. The van der Waals surface area contributed by atoms with Crippen molar-refractivity contribution in [2.24, 2.45) is 0 Å². The molecular formula is C18H16ClF2NO. The molecule has 0 radical (unpaired) electrons. The van der Waals surface area contributed by atoms with Gasteiger partial charge < -0.3 is 4.90 Å². The molecule has 1 saturated carbocycles. The summed E-state index contributed by atoms with van der Waals surface area (Å²) in [6.07, 6.45) is 1.50. The molecule has 0 saturated heterocycles. The highest BCUT2D eigenvalue weighted by atomic mass is 35.5. The van der Waals surface area contributed by atoms with Crippen LogP contribution < -0.4 is 0 Å². The van der Waals surface area contributed by atoms with Crippen LogP contribution in [-0.2, 0) is 16.8 Å². The lowest BCUT2D eigenvalue weighted by molar-refractivity contribution is -0.133. The van der Waals surface area contributed by atoms with Crippen molar-refractivity contribution in [3.8, 4) is 0 Å². The monoisotopic (exact) mass is 335 g/mol. The van der Waals surface area contributed by atoms with Crippen LogP contribution in [0.4, 0.5) is 8.78 Å². The van der Waals surface area contributed by atoms with E-state index in [-0.39, 0.29) is 12.5 Å². The Morgan fingerprint density at radius 3 is 2.57 bits per heavy atom. The molecule has 1 aliphatic carbocycles. The van der Waals surface area contributed by atoms with Crippen molar-refractivity contribution in [3.63, 3.8) is 0 Å². The van der Waals surface area contributed by atoms with Crippen LogP contribution in [0.25, 0.3) is 0 Å². The molecule has 0 atom stereocenters. The molecule has 120 valence electrons. The minimum absolute atomic E-state index is 0.0662. The first kappa shape index (κ1) is 15.9. The summed E-state index contributed by atoms with van der Waals surface area (Å²) in [5.74, 6) is -1.33. The number of hydrogen-bond acceptors (Lipinski definition) is 1. The van der Waals surface area contributed by atoms with Crippen LogP contribution in [0.5, 0.6) is 0 Å². The predicted molar refractivity (Wildman–Crippen MR) is 85.2 cm³/mol. The number of nitrogens with zero attached hydrogens (tertiary/aromatic N) is 1. The number of hydrogen-bond donors (Lipinski definition) is 0. The fourth-order valence-electron chi connectivity index (χ4n) is 2.88. The Morgan fingerprint density at radius 2 is 1.96 bits per heavy atom. The summed E-state index contributed by atoms with van der Waals surface area (Å²) in [6, 6.07) is 10.7. The highest BCUT2D eigenvalue weighted by molar-refractivity contribution is 6.30. The average Bonchev–Trinajstić information content (AvgIpc) is 3.31. The number of rotatable bonds is 4. The molecule has 5 heteroatoms. The molecule has 0 unspecified atom stereocenters. The molecular weight excluding hydrogens is 320 g/mol. The zero-order chi connectivity index (χ0) is 16.6. The van der Waals surface area contributed by atoms with Gasteiger partial charge in [0, 0.05) is 30.2 Å². The third-order valence-corrected chi connectivity index (χ3v) is 4.54. The number of carbonyl (C=O) groups is 1. The summed E-state index contributed by atoms with van der Waals surface area (Å²) in [5.41, 5.74) is 0.626. The lowest BCUT2D eigenvalue weighted by Gasteiger charge is -2.24. The quantitative estimate of drug-likeness (QED) is 0.815. The molecule has 0 N–H and O–H groups in total. The van der Waals surface area contributed by atoms with E-state index in [1.165, 1.54) is 17.0 Å². The van der Waals surface area contributed by atoms with E-state index in [2.05, 4.69) is 0 Å². The first-order chi connectivity index (χ1) is 10.9. The molecule has 1 aliphatic rings. The largest absolute Gasteiger partial charge is 0.341 e. The Morgan fingerprint density at radius 1 is 1.22 bits per heavy atom. The van der Waals surface area contributed by atoms with Crippen LogP contribution in [0.2, 0.25) is 5.02 Å². The van der Waals surface area contributed by atoms with Gasteiger partial charge in [0.2, 0.25) is 5.91 Å². The molecule has 0 aliphatic heterocycles. The Kier molecular flexibility index (Phi) is 4.11. The Labute approximate surface area is 138 Å². The van der Waals surface area contributed by atoms with Crippen molar-refractivity contribution >= 4 is 17.5 Å². The molecule has 0 heterocycles. The molecule has 23 heavy (non-hydrogen) atoms. The number of likely N-dealkylation sites (N-methyl/N-ethyl adjacent to an activating group) is 1. The zero-order valence-electron chi connectivity index (χ0n) is 12.7. The van der Waals surface area contributed by atoms with Gasteiger partial charge in [0.05, 0.1) is 5.41 Å². The minimum atomic E-state index is -0.641. The second kappa shape index (κ2) is 5.93. The van der Waals surface area contributed by atoms with Crippen LogP contribution in [0.3, 0.4) is 0 Å². The standard InChI is InChI=1S/C18H16ClF2NO/c1-22(11-12-5-6-15(20)10-16(12)21)17(23)18(7-8-18)13-3-2-4-14(19)9-13/h2-6,9-10H,7-8,11H2,1H3. The Bertz CT molecular complexity index is 758. The van der Waals surface area contributed by atoms with Crippen LogP contribution in [0.15, 0.2) is 42.5 Å². The van der Waals surface area contributed by atoms with Crippen molar-refractivity contribution in [2.75, 3.05) is 7.05 Å². The van der Waals surface area contributed by atoms with Gasteiger partial charge in [-0.25, -0.2) is 8.78 Å². The molecule has 1 amide bonds. The lowest BCUT2D eigenvalue weighted by atomic mass is 9.94. The van der Waals surface area contributed by atoms with Crippen LogP contribution >= 0.6 is 11.6 Å². The van der Waals surface area contributed by atoms with Crippen molar-refractivity contribution in [3.05, 3.63) is 70.2 Å². The van der Waals surface area contributed by atoms with Gasteiger partial charge in [-0.2, -0.15) is 0 Å². The SMILES string of the molecule is CN(Cc1ccc(F)cc1F)C(=O)C1(c2cccc(Cl)c2)CC1. The van der Waals surface area contributed by atoms with Gasteiger partial charge in [0.25, 0.3) is 0 Å². The summed E-state index contributed by atoms with van der Waals surface area (Å²) < 4.78 is 26.7. The van der Waals surface area contributed by atoms with Crippen molar-refractivity contribution in [1.82, 2.24) is 4.90 Å². The first-order valence-corrected chi connectivity index (χ1v) is 7.76. The van der Waals surface area contributed by atoms with E-state index in [9.17, 15) is 13.6 Å². The summed E-state index contributed by atoms with van der Waals surface area (Å²) in [4.78, 5) is 14.3. The zero-order valence-corrected chi connectivity index (χ0v) is 13.4. The van der Waals surface area contributed by atoms with E-state index in [1.54, 1.807) is 19.2 Å².